The minimum atomic E-state index is -0.500. The summed E-state index contributed by atoms with van der Waals surface area (Å²) in [5, 5.41) is 6.85. The molecule has 0 saturated carbocycles. The predicted octanol–water partition coefficient (Wildman–Crippen LogP) is 5.21. The molecule has 0 fully saturated rings. The van der Waals surface area contributed by atoms with E-state index >= 15 is 0 Å². The quantitative estimate of drug-likeness (QED) is 0.203. The van der Waals surface area contributed by atoms with E-state index < -0.39 is 7.92 Å². The summed E-state index contributed by atoms with van der Waals surface area (Å²) in [7, 11) is -0.500. The molecule has 0 saturated heterocycles. The van der Waals surface area contributed by atoms with Crippen molar-refractivity contribution in [1.29, 1.82) is 0 Å². The molecule has 0 amide bonds. The molecule has 0 heterocycles. The predicted molar refractivity (Wildman–Crippen MR) is 111 cm³/mol. The van der Waals surface area contributed by atoms with Gasteiger partial charge in [0, 0.05) is 25.8 Å². The molecule has 4 aromatic carbocycles. The topological polar surface area (TPSA) is 0 Å². The maximum absolute atomic E-state index is 2.35. The van der Waals surface area contributed by atoms with Crippen LogP contribution in [0.25, 0.3) is 10.8 Å². The Morgan fingerprint density at radius 2 is 1.16 bits per heavy atom. The fraction of sp³-hybridized carbons (Fsp3) is 0. The van der Waals surface area contributed by atoms with Crippen LogP contribution in [0, 0.1) is 14.9 Å². The van der Waals surface area contributed by atoms with Crippen LogP contribution in [0.5, 0.6) is 0 Å². The normalized spacial score (nSPS) is 9.80. The van der Waals surface area contributed by atoms with E-state index in [1.54, 1.807) is 0 Å². The first kappa shape index (κ1) is 21.6. The summed E-state index contributed by atoms with van der Waals surface area (Å²) >= 11 is 0. The molecule has 0 spiro atoms. The molecule has 0 aliphatic rings. The van der Waals surface area contributed by atoms with Crippen molar-refractivity contribution < 1.29 is 25.8 Å². The molecule has 126 valence electrons. The zero-order chi connectivity index (χ0) is 14.8. The van der Waals surface area contributed by atoms with Gasteiger partial charge in [0.05, 0.1) is 0 Å². The first-order chi connectivity index (χ1) is 10.9. The minimum Gasteiger partial charge on any atom is -0.358 e. The Labute approximate surface area is 171 Å². The van der Waals surface area contributed by atoms with Gasteiger partial charge in [-0.2, -0.15) is 17.5 Å². The van der Waals surface area contributed by atoms with Gasteiger partial charge in [-0.3, -0.25) is 0 Å². The average Bonchev–Trinajstić information content (AvgIpc) is 3.05. The smallest absolute Gasteiger partial charge is 0 e. The first-order valence-corrected chi connectivity index (χ1v) is 8.82. The number of rotatable bonds is 3. The second-order valence-electron chi connectivity index (χ2n) is 5.35. The van der Waals surface area contributed by atoms with E-state index in [1.165, 1.54) is 26.7 Å². The average molecular weight is 508 g/mol. The van der Waals surface area contributed by atoms with Crippen LogP contribution in [-0.4, -0.2) is 0 Å². The van der Waals surface area contributed by atoms with Crippen LogP contribution in [0.2, 0.25) is 0 Å². The fourth-order valence-corrected chi connectivity index (χ4v) is 5.18. The Balaban J connectivity index is 0.00000104. The Bertz CT molecular complexity index is 842. The van der Waals surface area contributed by atoms with Gasteiger partial charge in [-0.1, -0.05) is 72.8 Å². The van der Waals surface area contributed by atoms with E-state index in [1.807, 2.05) is 0 Å². The summed E-state index contributed by atoms with van der Waals surface area (Å²) in [6.07, 6.45) is 0. The minimum absolute atomic E-state index is 0. The molecule has 0 unspecified atom stereocenters. The largest absolute Gasteiger partial charge is 0.358 e. The standard InChI is InChI=1S/C21H16P.2CH3.Hf/c1-3-10-19(11-4-1)22(20-12-5-2-6-13-20)21-15-14-17-8-7-9-18(17)16-21;;;/h1-16H;2*1H3;/q3*-1;. The van der Waals surface area contributed by atoms with Crippen LogP contribution in [-0.2, 0) is 25.8 Å². The van der Waals surface area contributed by atoms with Crippen LogP contribution in [0.1, 0.15) is 0 Å². The van der Waals surface area contributed by atoms with E-state index in [9.17, 15) is 0 Å². The van der Waals surface area contributed by atoms with Gasteiger partial charge in [-0.05, 0) is 23.8 Å². The molecular formula is C23H22HfP-3. The molecule has 0 atom stereocenters. The van der Waals surface area contributed by atoms with Crippen LogP contribution >= 0.6 is 7.92 Å². The molecule has 4 aromatic rings. The first-order valence-electron chi connectivity index (χ1n) is 7.47. The van der Waals surface area contributed by atoms with Gasteiger partial charge in [-0.25, -0.2) is 0 Å². The van der Waals surface area contributed by atoms with Gasteiger partial charge < -0.3 is 14.9 Å². The van der Waals surface area contributed by atoms with Gasteiger partial charge in [0.1, 0.15) is 0 Å². The molecular weight excluding hydrogens is 486 g/mol. The SMILES string of the molecule is [CH3-].[CH3-].[Hf].c1ccc(P(c2ccccc2)c2ccc3[cH-]ccc3c2)cc1. The second-order valence-corrected chi connectivity index (χ2v) is 7.57. The van der Waals surface area contributed by atoms with Gasteiger partial charge >= 0.3 is 0 Å². The van der Waals surface area contributed by atoms with Crippen molar-refractivity contribution in [2.75, 3.05) is 0 Å². The molecule has 0 aliphatic carbocycles. The maximum atomic E-state index is 2.35. The monoisotopic (exact) mass is 509 g/mol. The van der Waals surface area contributed by atoms with Gasteiger partial charge in [0.15, 0.2) is 0 Å². The summed E-state index contributed by atoms with van der Waals surface area (Å²) in [5.41, 5.74) is 0. The Morgan fingerprint density at radius 1 is 0.600 bits per heavy atom. The summed E-state index contributed by atoms with van der Waals surface area (Å²) < 4.78 is 0. The van der Waals surface area contributed by atoms with Crippen molar-refractivity contribution in [1.82, 2.24) is 0 Å². The summed E-state index contributed by atoms with van der Waals surface area (Å²) in [6.45, 7) is 0. The van der Waals surface area contributed by atoms with Gasteiger partial charge in [0.2, 0.25) is 0 Å². The molecule has 0 aromatic heterocycles. The number of hydrogen-bond donors (Lipinski definition) is 0. The number of fused-ring (bicyclic) bond motifs is 1. The third kappa shape index (κ3) is 4.60. The van der Waals surface area contributed by atoms with Crippen LogP contribution in [0.15, 0.2) is 97.1 Å². The van der Waals surface area contributed by atoms with Crippen molar-refractivity contribution in [3.8, 4) is 0 Å². The van der Waals surface area contributed by atoms with Crippen LogP contribution in [0.4, 0.5) is 0 Å². The zero-order valence-corrected chi connectivity index (χ0v) is 19.2. The third-order valence-corrected chi connectivity index (χ3v) is 6.33. The van der Waals surface area contributed by atoms with Gasteiger partial charge in [0.25, 0.3) is 0 Å². The molecule has 25 heavy (non-hydrogen) atoms. The molecule has 0 bridgehead atoms. The van der Waals surface area contributed by atoms with E-state index in [4.69, 9.17) is 0 Å². The van der Waals surface area contributed by atoms with Crippen molar-refractivity contribution in [3.63, 3.8) is 0 Å². The fourth-order valence-electron chi connectivity index (χ4n) is 2.85. The summed E-state index contributed by atoms with van der Waals surface area (Å²) in [5.74, 6) is 0. The van der Waals surface area contributed by atoms with Crippen molar-refractivity contribution in [2.45, 2.75) is 0 Å². The van der Waals surface area contributed by atoms with Crippen LogP contribution in [0.3, 0.4) is 0 Å². The Kier molecular flexibility index (Phi) is 8.56. The van der Waals surface area contributed by atoms with Crippen LogP contribution < -0.4 is 15.9 Å². The maximum Gasteiger partial charge on any atom is 0 e. The van der Waals surface area contributed by atoms with Crippen molar-refractivity contribution >= 4 is 34.6 Å². The third-order valence-electron chi connectivity index (χ3n) is 3.91. The Morgan fingerprint density at radius 3 is 1.72 bits per heavy atom. The second kappa shape index (κ2) is 9.90. The van der Waals surface area contributed by atoms with Crippen molar-refractivity contribution in [2.24, 2.45) is 0 Å². The van der Waals surface area contributed by atoms with E-state index in [0.29, 0.717) is 0 Å². The molecule has 4 rings (SSSR count). The Hall–Kier alpha value is -1.43. The summed E-state index contributed by atoms with van der Waals surface area (Å²) in [6, 6.07) is 35.1. The zero-order valence-electron chi connectivity index (χ0n) is 14.7. The number of benzene rings is 3. The molecule has 2 heteroatoms. The molecule has 0 nitrogen and oxygen atoms in total. The molecule has 0 N–H and O–H groups in total. The summed E-state index contributed by atoms with van der Waals surface area (Å²) in [4.78, 5) is 0. The van der Waals surface area contributed by atoms with Gasteiger partial charge in [-0.15, -0.1) is 17.5 Å². The van der Waals surface area contributed by atoms with E-state index in [2.05, 4.69) is 97.1 Å². The number of hydrogen-bond acceptors (Lipinski definition) is 0. The molecule has 0 radical (unpaired) electrons. The van der Waals surface area contributed by atoms with Crippen molar-refractivity contribution in [3.05, 3.63) is 112 Å². The van der Waals surface area contributed by atoms with E-state index in [0.717, 1.165) is 0 Å². The van der Waals surface area contributed by atoms with E-state index in [-0.39, 0.29) is 40.7 Å². The molecule has 0 aliphatic heterocycles.